The van der Waals surface area contributed by atoms with Gasteiger partial charge >= 0.3 is 0 Å². The Balaban J connectivity index is 1.92. The van der Waals surface area contributed by atoms with Crippen molar-refractivity contribution in [2.75, 3.05) is 0 Å². The van der Waals surface area contributed by atoms with E-state index in [1.54, 1.807) is 6.07 Å². The van der Waals surface area contributed by atoms with Crippen LogP contribution in [0, 0.1) is 13.8 Å². The summed E-state index contributed by atoms with van der Waals surface area (Å²) in [5.74, 6) is 0.0980. The molecule has 0 aliphatic carbocycles. The fourth-order valence-corrected chi connectivity index (χ4v) is 4.51. The van der Waals surface area contributed by atoms with Gasteiger partial charge in [-0.1, -0.05) is 19.9 Å². The number of aromatic amines is 1. The summed E-state index contributed by atoms with van der Waals surface area (Å²) in [7, 11) is 0. The molecule has 156 valence electrons. The second-order valence-corrected chi connectivity index (χ2v) is 8.17. The summed E-state index contributed by atoms with van der Waals surface area (Å²) in [6.07, 6.45) is 1.74. The molecular weight excluding hydrogens is 394 g/mol. The van der Waals surface area contributed by atoms with Gasteiger partial charge in [-0.05, 0) is 61.6 Å². The van der Waals surface area contributed by atoms with E-state index >= 15 is 0 Å². The Morgan fingerprint density at radius 3 is 2.53 bits per heavy atom. The number of fused-ring (bicyclic) bond motifs is 1. The van der Waals surface area contributed by atoms with Crippen molar-refractivity contribution in [1.29, 1.82) is 0 Å². The molecule has 0 amide bonds. The van der Waals surface area contributed by atoms with Crippen molar-refractivity contribution in [3.63, 3.8) is 0 Å². The molecule has 0 aliphatic heterocycles. The first kappa shape index (κ1) is 20.4. The van der Waals surface area contributed by atoms with E-state index in [-0.39, 0.29) is 11.5 Å². The molecule has 2 heterocycles. The van der Waals surface area contributed by atoms with Gasteiger partial charge in [-0.3, -0.25) is 5.10 Å². The van der Waals surface area contributed by atoms with E-state index in [1.807, 2.05) is 6.92 Å². The van der Waals surface area contributed by atoms with Crippen LogP contribution in [0.15, 0.2) is 35.4 Å². The lowest BCUT2D eigenvalue weighted by Gasteiger charge is -2.11. The second-order valence-electron chi connectivity index (χ2n) is 7.74. The van der Waals surface area contributed by atoms with Crippen LogP contribution >= 0.6 is 12.6 Å². The maximum Gasteiger partial charge on any atom is 0.128 e. The zero-order valence-electron chi connectivity index (χ0n) is 17.7. The number of hydrogen-bond acceptors (Lipinski definition) is 4. The average molecular weight is 422 g/mol. The number of aromatic nitrogens is 3. The summed E-state index contributed by atoms with van der Waals surface area (Å²) in [6.45, 7) is 9.47. The molecule has 0 atom stereocenters. The van der Waals surface area contributed by atoms with Crippen molar-refractivity contribution >= 4 is 23.5 Å². The van der Waals surface area contributed by atoms with Crippen LogP contribution in [-0.4, -0.2) is 25.0 Å². The van der Waals surface area contributed by atoms with E-state index in [0.29, 0.717) is 22.7 Å². The number of hydrogen-bond donors (Lipinski definition) is 4. The molecule has 5 nitrogen and oxygen atoms in total. The highest BCUT2D eigenvalue weighted by Gasteiger charge is 2.20. The van der Waals surface area contributed by atoms with E-state index in [0.717, 1.165) is 29.7 Å². The summed E-state index contributed by atoms with van der Waals surface area (Å²) in [5.41, 5.74) is 7.66. The lowest BCUT2D eigenvalue weighted by atomic mass is 9.97. The minimum atomic E-state index is 0.00475. The molecule has 0 fully saturated rings. The van der Waals surface area contributed by atoms with E-state index in [1.165, 1.54) is 28.2 Å². The lowest BCUT2D eigenvalue weighted by Crippen LogP contribution is -1.98. The van der Waals surface area contributed by atoms with Crippen molar-refractivity contribution in [3.8, 4) is 33.9 Å². The molecule has 0 spiro atoms. The van der Waals surface area contributed by atoms with Crippen LogP contribution in [0.25, 0.3) is 33.3 Å². The minimum Gasteiger partial charge on any atom is -0.508 e. The number of rotatable bonds is 5. The van der Waals surface area contributed by atoms with Crippen LogP contribution < -0.4 is 0 Å². The number of nitrogens with one attached hydrogen (secondary N) is 1. The minimum absolute atomic E-state index is 0.00475. The standard InChI is InChI=1S/C24H27N3O2S/c1-5-9-27-14(4)13(3)17-11-16(7-8-19(17)27)22-23(25-26-24(22)30)18-10-15(6-2)20(28)12-21(18)29/h7-8,10-12,28-29H,5-6,9H2,1-4H3,(H2,25,26,30). The monoisotopic (exact) mass is 421 g/mol. The Kier molecular flexibility index (Phi) is 5.28. The van der Waals surface area contributed by atoms with Crippen molar-refractivity contribution in [3.05, 3.63) is 47.2 Å². The average Bonchev–Trinajstić information content (AvgIpc) is 3.21. The summed E-state index contributed by atoms with van der Waals surface area (Å²) in [6, 6.07) is 9.60. The molecule has 0 saturated carbocycles. The van der Waals surface area contributed by atoms with Crippen LogP contribution in [-0.2, 0) is 13.0 Å². The van der Waals surface area contributed by atoms with Gasteiger partial charge in [0, 0.05) is 40.3 Å². The fourth-order valence-electron chi connectivity index (χ4n) is 4.22. The highest BCUT2D eigenvalue weighted by molar-refractivity contribution is 7.80. The zero-order chi connectivity index (χ0) is 21.6. The third kappa shape index (κ3) is 3.16. The van der Waals surface area contributed by atoms with E-state index in [4.69, 9.17) is 0 Å². The van der Waals surface area contributed by atoms with Crippen molar-refractivity contribution in [1.82, 2.24) is 14.8 Å². The van der Waals surface area contributed by atoms with Crippen LogP contribution in [0.2, 0.25) is 0 Å². The number of aromatic hydroxyl groups is 2. The number of phenolic OH excluding ortho intramolecular Hbond substituents is 2. The second kappa shape index (κ2) is 7.76. The number of thiol groups is 1. The quantitative estimate of drug-likeness (QED) is 0.299. The summed E-state index contributed by atoms with van der Waals surface area (Å²) in [5, 5.41) is 29.7. The maximum atomic E-state index is 10.5. The third-order valence-electron chi connectivity index (χ3n) is 5.97. The molecule has 6 heteroatoms. The molecule has 3 N–H and O–H groups in total. The molecule has 0 bridgehead atoms. The predicted octanol–water partition coefficient (Wildman–Crippen LogP) is 5.99. The van der Waals surface area contributed by atoms with Gasteiger partial charge in [-0.25, -0.2) is 0 Å². The van der Waals surface area contributed by atoms with Crippen LogP contribution in [0.4, 0.5) is 0 Å². The maximum absolute atomic E-state index is 10.5. The molecule has 0 aliphatic rings. The van der Waals surface area contributed by atoms with E-state index in [2.05, 4.69) is 66.4 Å². The number of aryl methyl sites for hydroxylation is 3. The predicted molar refractivity (Wildman–Crippen MR) is 125 cm³/mol. The molecule has 30 heavy (non-hydrogen) atoms. The SMILES string of the molecule is CCCn1c(C)c(C)c2cc(-c3c(S)n[nH]c3-c3cc(CC)c(O)cc3O)ccc21. The Bertz CT molecular complexity index is 1250. The fraction of sp³-hybridized carbons (Fsp3) is 0.292. The summed E-state index contributed by atoms with van der Waals surface area (Å²) in [4.78, 5) is 0. The first-order valence-corrected chi connectivity index (χ1v) is 10.7. The van der Waals surface area contributed by atoms with Gasteiger partial charge in [0.25, 0.3) is 0 Å². The molecular formula is C24H27N3O2S. The molecule has 2 aromatic carbocycles. The van der Waals surface area contributed by atoms with Crippen LogP contribution in [0.3, 0.4) is 0 Å². The number of nitrogens with zero attached hydrogens (tertiary/aromatic N) is 2. The number of phenols is 2. The van der Waals surface area contributed by atoms with Gasteiger partial charge in [0.1, 0.15) is 16.5 Å². The summed E-state index contributed by atoms with van der Waals surface area (Å²) >= 11 is 4.58. The molecule has 4 aromatic rings. The van der Waals surface area contributed by atoms with Gasteiger partial charge < -0.3 is 14.8 Å². The smallest absolute Gasteiger partial charge is 0.128 e. The zero-order valence-corrected chi connectivity index (χ0v) is 18.6. The third-order valence-corrected chi connectivity index (χ3v) is 6.29. The highest BCUT2D eigenvalue weighted by Crippen LogP contribution is 2.42. The topological polar surface area (TPSA) is 74.1 Å². The Morgan fingerprint density at radius 2 is 1.83 bits per heavy atom. The van der Waals surface area contributed by atoms with Gasteiger partial charge in [0.2, 0.25) is 0 Å². The molecule has 0 saturated heterocycles. The Hall–Kier alpha value is -2.86. The molecule has 0 unspecified atom stereocenters. The number of benzene rings is 2. The van der Waals surface area contributed by atoms with Gasteiger partial charge in [0.05, 0.1) is 5.69 Å². The van der Waals surface area contributed by atoms with Gasteiger partial charge in [0.15, 0.2) is 0 Å². The van der Waals surface area contributed by atoms with Crippen molar-refractivity contribution in [2.45, 2.75) is 52.1 Å². The van der Waals surface area contributed by atoms with E-state index < -0.39 is 0 Å². The van der Waals surface area contributed by atoms with Crippen LogP contribution in [0.5, 0.6) is 11.5 Å². The first-order chi connectivity index (χ1) is 14.4. The Labute approximate surface area is 181 Å². The lowest BCUT2D eigenvalue weighted by molar-refractivity contribution is 0.447. The van der Waals surface area contributed by atoms with E-state index in [9.17, 15) is 10.2 Å². The van der Waals surface area contributed by atoms with Crippen molar-refractivity contribution < 1.29 is 10.2 Å². The van der Waals surface area contributed by atoms with Gasteiger partial charge in [-0.2, -0.15) is 5.10 Å². The summed E-state index contributed by atoms with van der Waals surface area (Å²) < 4.78 is 2.37. The molecule has 2 aromatic heterocycles. The Morgan fingerprint density at radius 1 is 1.07 bits per heavy atom. The highest BCUT2D eigenvalue weighted by atomic mass is 32.1. The van der Waals surface area contributed by atoms with Crippen LogP contribution in [0.1, 0.15) is 37.1 Å². The molecule has 0 radical (unpaired) electrons. The first-order valence-electron chi connectivity index (χ1n) is 10.3. The van der Waals surface area contributed by atoms with Crippen molar-refractivity contribution in [2.24, 2.45) is 0 Å². The normalized spacial score (nSPS) is 11.5. The van der Waals surface area contributed by atoms with Gasteiger partial charge in [-0.15, -0.1) is 12.6 Å². The largest absolute Gasteiger partial charge is 0.508 e. The number of H-pyrrole nitrogens is 1. The molecule has 4 rings (SSSR count).